The predicted octanol–water partition coefficient (Wildman–Crippen LogP) is 8.06. The molecule has 14 heteroatoms. The lowest BCUT2D eigenvalue weighted by Crippen LogP contribution is -2.57. The molecule has 3 aromatic heterocycles. The second-order valence-electron chi connectivity index (χ2n) is 18.0. The average molecular weight is 885 g/mol. The van der Waals surface area contributed by atoms with Gasteiger partial charge in [0, 0.05) is 97.3 Å². The molecule has 6 atom stereocenters. The zero-order valence-corrected chi connectivity index (χ0v) is 39.2. The first-order chi connectivity index (χ1) is 32.0. The molecule has 4 N–H and O–H groups in total. The molecule has 2 saturated heterocycles. The molecule has 9 rings (SSSR count). The Balaban J connectivity index is 0.000000182. The number of aromatic nitrogens is 9. The van der Waals surface area contributed by atoms with Gasteiger partial charge in [0.25, 0.3) is 0 Å². The van der Waals surface area contributed by atoms with Crippen molar-refractivity contribution in [1.29, 1.82) is 0 Å². The first-order valence-electron chi connectivity index (χ1n) is 23.0. The van der Waals surface area contributed by atoms with Gasteiger partial charge in [0.15, 0.2) is 0 Å². The fraction of sp³-hybridized carbons (Fsp3) is 0.346. The van der Waals surface area contributed by atoms with Gasteiger partial charge in [-0.3, -0.25) is 19.6 Å². The third-order valence-electron chi connectivity index (χ3n) is 13.3. The Morgan fingerprint density at radius 3 is 1.45 bits per heavy atom. The van der Waals surface area contributed by atoms with Gasteiger partial charge in [-0.05, 0) is 111 Å². The van der Waals surface area contributed by atoms with Gasteiger partial charge in [-0.2, -0.15) is 10.4 Å². The van der Waals surface area contributed by atoms with Crippen LogP contribution >= 0.6 is 0 Å². The fourth-order valence-corrected chi connectivity index (χ4v) is 10.00. The van der Waals surface area contributed by atoms with E-state index >= 15 is 0 Å². The maximum atomic E-state index is 6.15. The second-order valence-corrected chi connectivity index (χ2v) is 18.0. The van der Waals surface area contributed by atoms with Crippen molar-refractivity contribution < 1.29 is 0 Å². The van der Waals surface area contributed by atoms with Crippen LogP contribution in [0, 0.1) is 13.8 Å². The van der Waals surface area contributed by atoms with Gasteiger partial charge in [0.1, 0.15) is 0 Å². The van der Waals surface area contributed by atoms with Gasteiger partial charge in [-0.25, -0.2) is 0 Å². The summed E-state index contributed by atoms with van der Waals surface area (Å²) in [5.41, 5.74) is 17.5. The number of hydrogen-bond acceptors (Lipinski definition) is 11. The minimum absolute atomic E-state index is 0.121. The summed E-state index contributed by atoms with van der Waals surface area (Å²) in [6, 6.07) is 40.6. The number of nitrogen functional groups attached to an aromatic ring is 1. The molecule has 7 aromatic rings. The number of nitrogens with one attached hydrogen (secondary N) is 2. The Morgan fingerprint density at radius 1 is 0.576 bits per heavy atom. The zero-order chi connectivity index (χ0) is 46.3. The normalized spacial score (nSPS) is 20.6. The summed E-state index contributed by atoms with van der Waals surface area (Å²) in [5.74, 6) is 1.21. The first kappa shape index (κ1) is 46.0. The van der Waals surface area contributed by atoms with Crippen molar-refractivity contribution >= 4 is 5.69 Å². The molecule has 0 amide bonds. The molecule has 2 fully saturated rings. The van der Waals surface area contributed by atoms with E-state index in [0.29, 0.717) is 35.8 Å². The third kappa shape index (κ3) is 10.1. The molecule has 2 aliphatic heterocycles. The molecule has 5 heterocycles. The van der Waals surface area contributed by atoms with E-state index in [1.807, 2.05) is 24.3 Å². The maximum Gasteiger partial charge on any atom is 0.204 e. The monoisotopic (exact) mass is 885 g/mol. The molecular formula is C52H64N14. The molecule has 0 bridgehead atoms. The van der Waals surface area contributed by atoms with Crippen LogP contribution < -0.4 is 5.73 Å². The number of tetrazole rings is 2. The van der Waals surface area contributed by atoms with Crippen molar-refractivity contribution in [3.63, 3.8) is 0 Å². The van der Waals surface area contributed by atoms with Gasteiger partial charge in [0.2, 0.25) is 11.6 Å². The van der Waals surface area contributed by atoms with Crippen LogP contribution in [0.25, 0.3) is 28.5 Å². The molecule has 2 aliphatic rings. The van der Waals surface area contributed by atoms with Crippen LogP contribution in [-0.2, 0) is 0 Å². The van der Waals surface area contributed by atoms with Crippen LogP contribution in [0.4, 0.5) is 5.69 Å². The number of anilines is 1. The Bertz CT molecular complexity index is 2620. The van der Waals surface area contributed by atoms with E-state index in [2.05, 4.69) is 217 Å². The summed E-state index contributed by atoms with van der Waals surface area (Å²) in [4.78, 5) is 10.3. The summed E-state index contributed by atoms with van der Waals surface area (Å²) in [6.45, 7) is 27.3. The molecule has 66 heavy (non-hydrogen) atoms. The number of hydrogen-bond donors (Lipinski definition) is 3. The first-order valence-corrected chi connectivity index (χ1v) is 23.0. The number of rotatable bonds is 13. The maximum absolute atomic E-state index is 6.15. The molecule has 0 aliphatic carbocycles. The SMILES string of the molecule is C=CCN1C[C@H](C)N([C@H](c2ccc(-c3nn[nH]n3)cc2)c2cccc(-n3c(C)ccc3C)c2)C[C@H]1C.C=CCN1C[C@H](C)N([C@H](c2ccc(-c3nn[nH]n3)cc2)c2cccc(N)c2)C[C@H]1C. The van der Waals surface area contributed by atoms with E-state index in [9.17, 15) is 0 Å². The fourth-order valence-electron chi connectivity index (χ4n) is 10.00. The summed E-state index contributed by atoms with van der Waals surface area (Å²) >= 11 is 0. The zero-order valence-electron chi connectivity index (χ0n) is 39.2. The highest BCUT2D eigenvalue weighted by molar-refractivity contribution is 5.56. The minimum Gasteiger partial charge on any atom is -0.399 e. The van der Waals surface area contributed by atoms with Crippen LogP contribution in [0.1, 0.15) is 73.4 Å². The Morgan fingerprint density at radius 2 is 1.03 bits per heavy atom. The highest BCUT2D eigenvalue weighted by atomic mass is 15.5. The van der Waals surface area contributed by atoms with Gasteiger partial charge in [-0.15, -0.1) is 33.6 Å². The topological polar surface area (TPSA) is 153 Å². The Labute approximate surface area is 389 Å². The molecule has 0 unspecified atom stereocenters. The van der Waals surface area contributed by atoms with Crippen molar-refractivity contribution in [2.45, 2.75) is 77.8 Å². The quantitative estimate of drug-likeness (QED) is 0.0762. The lowest BCUT2D eigenvalue weighted by Gasteiger charge is -2.47. The van der Waals surface area contributed by atoms with E-state index in [1.165, 1.54) is 39.3 Å². The van der Waals surface area contributed by atoms with Crippen LogP contribution in [0.15, 0.2) is 135 Å². The lowest BCUT2D eigenvalue weighted by molar-refractivity contribution is 0.0307. The molecule has 342 valence electrons. The van der Waals surface area contributed by atoms with Crippen LogP contribution in [0.3, 0.4) is 0 Å². The molecule has 4 aromatic carbocycles. The van der Waals surface area contributed by atoms with E-state index in [0.717, 1.165) is 56.1 Å². The van der Waals surface area contributed by atoms with E-state index in [4.69, 9.17) is 5.73 Å². The number of benzene rings is 4. The predicted molar refractivity (Wildman–Crippen MR) is 264 cm³/mol. The molecule has 0 saturated carbocycles. The smallest absolute Gasteiger partial charge is 0.204 e. The van der Waals surface area contributed by atoms with Crippen molar-refractivity contribution in [3.8, 4) is 28.5 Å². The molecule has 0 radical (unpaired) electrons. The largest absolute Gasteiger partial charge is 0.399 e. The number of aryl methyl sites for hydroxylation is 2. The second kappa shape index (κ2) is 20.7. The van der Waals surface area contributed by atoms with E-state index in [-0.39, 0.29) is 12.1 Å². The van der Waals surface area contributed by atoms with Crippen molar-refractivity contribution in [2.75, 3.05) is 45.0 Å². The van der Waals surface area contributed by atoms with Gasteiger partial charge in [-0.1, -0.05) is 84.9 Å². The lowest BCUT2D eigenvalue weighted by atomic mass is 9.92. The highest BCUT2D eigenvalue weighted by Gasteiger charge is 2.36. The van der Waals surface area contributed by atoms with Crippen LogP contribution in [0.2, 0.25) is 0 Å². The molecule has 0 spiro atoms. The number of nitrogens with two attached hydrogens (primary N) is 1. The number of H-pyrrole nitrogens is 2. The van der Waals surface area contributed by atoms with E-state index in [1.54, 1.807) is 0 Å². The third-order valence-corrected chi connectivity index (χ3v) is 13.3. The number of aromatic amines is 2. The summed E-state index contributed by atoms with van der Waals surface area (Å²) < 4.78 is 2.33. The summed E-state index contributed by atoms with van der Waals surface area (Å²) in [7, 11) is 0. The van der Waals surface area contributed by atoms with Crippen molar-refractivity contribution in [3.05, 3.63) is 168 Å². The standard InChI is InChI=1S/C29H35N7.C23H29N7/c1-6-16-34-18-23(5)35(19-22(34)4)28(24-12-14-25(15-13-24)29-30-32-33-31-29)26-8-7-9-27(17-26)36-20(2)10-11-21(36)3;1-4-12-29-14-17(3)30(15-16(29)2)22(20-6-5-7-21(24)13-20)18-8-10-19(11-9-18)23-25-27-28-26-23/h6-15,17,22-23,28H,1,16,18-19H2,2-5H3,(H,30,31,32,33);4-11,13,16-17,22H,1,12,14-15,24H2,2-3H3,(H,25,26,27,28)/t22-,23+,28-;16-,17+,22-/m11/s1. The average Bonchev–Trinajstić information content (AvgIpc) is 4.13. The van der Waals surface area contributed by atoms with Crippen molar-refractivity contribution in [2.24, 2.45) is 0 Å². The van der Waals surface area contributed by atoms with Crippen molar-refractivity contribution in [1.82, 2.24) is 65.4 Å². The summed E-state index contributed by atoms with van der Waals surface area (Å²) in [5, 5.41) is 28.9. The number of nitrogens with zero attached hydrogens (tertiary/aromatic N) is 11. The van der Waals surface area contributed by atoms with Crippen LogP contribution in [0.5, 0.6) is 0 Å². The number of piperazine rings is 2. The van der Waals surface area contributed by atoms with Gasteiger partial charge in [0.05, 0.1) is 12.1 Å². The summed E-state index contributed by atoms with van der Waals surface area (Å²) in [6.07, 6.45) is 4.00. The Kier molecular flexibility index (Phi) is 14.4. The minimum atomic E-state index is 0.121. The highest BCUT2D eigenvalue weighted by Crippen LogP contribution is 2.37. The van der Waals surface area contributed by atoms with Gasteiger partial charge >= 0.3 is 0 Å². The molecule has 14 nitrogen and oxygen atoms in total. The van der Waals surface area contributed by atoms with Gasteiger partial charge < -0.3 is 10.3 Å². The van der Waals surface area contributed by atoms with E-state index < -0.39 is 0 Å². The van der Waals surface area contributed by atoms with Crippen LogP contribution in [-0.4, -0.2) is 129 Å². The molecular weight excluding hydrogens is 821 g/mol. The Hall–Kier alpha value is -6.58.